The van der Waals surface area contributed by atoms with Gasteiger partial charge < -0.3 is 15.1 Å². The average molecular weight is 391 g/mol. The van der Waals surface area contributed by atoms with Crippen LogP contribution >= 0.6 is 0 Å². The Morgan fingerprint density at radius 1 is 1.14 bits per heavy atom. The zero-order chi connectivity index (χ0) is 20.4. The Hall–Kier alpha value is -3.75. The molecule has 1 aromatic carbocycles. The minimum Gasteiger partial charge on any atom is -0.463 e. The highest BCUT2D eigenvalue weighted by Crippen LogP contribution is 2.25. The minimum absolute atomic E-state index is 0.00480. The zero-order valence-electron chi connectivity index (χ0n) is 16.2. The van der Waals surface area contributed by atoms with Crippen LogP contribution in [0.3, 0.4) is 0 Å². The van der Waals surface area contributed by atoms with Gasteiger partial charge in [0.1, 0.15) is 12.2 Å². The Morgan fingerprint density at radius 3 is 2.55 bits per heavy atom. The number of benzene rings is 1. The van der Waals surface area contributed by atoms with Crippen LogP contribution in [0.25, 0.3) is 22.6 Å². The summed E-state index contributed by atoms with van der Waals surface area (Å²) in [5, 5.41) is 8.22. The fraction of sp³-hybridized carbons (Fsp3) is 0.250. The molecule has 0 fully saturated rings. The predicted octanol–water partition coefficient (Wildman–Crippen LogP) is 2.79. The number of nitrogen functional groups attached to an aromatic ring is 1. The number of carbonyl (C=O) groups excluding carboxylic acids is 1. The minimum atomic E-state index is -0.0976. The summed E-state index contributed by atoms with van der Waals surface area (Å²) in [6.07, 6.45) is 1.54. The summed E-state index contributed by atoms with van der Waals surface area (Å²) in [6, 6.07) is 11.1. The molecule has 0 spiro atoms. The maximum Gasteiger partial charge on any atom is 0.222 e. The van der Waals surface area contributed by atoms with Crippen molar-refractivity contribution in [3.63, 3.8) is 0 Å². The average Bonchev–Trinajstić information content (AvgIpc) is 3.40. The van der Waals surface area contributed by atoms with Gasteiger partial charge in [-0.3, -0.25) is 4.79 Å². The maximum absolute atomic E-state index is 12.8. The molecule has 0 saturated carbocycles. The van der Waals surface area contributed by atoms with E-state index in [0.717, 1.165) is 18.8 Å². The molecule has 3 heterocycles. The molecule has 9 nitrogen and oxygen atoms in total. The number of hydrogen-bond donors (Lipinski definition) is 1. The van der Waals surface area contributed by atoms with Gasteiger partial charge in [-0.25, -0.2) is 9.67 Å². The van der Waals surface area contributed by atoms with Gasteiger partial charge in [0, 0.05) is 24.3 Å². The van der Waals surface area contributed by atoms with Crippen LogP contribution in [0.15, 0.2) is 47.1 Å². The van der Waals surface area contributed by atoms with Crippen LogP contribution in [-0.4, -0.2) is 43.8 Å². The molecule has 9 heteroatoms. The monoisotopic (exact) mass is 391 g/mol. The van der Waals surface area contributed by atoms with E-state index in [4.69, 9.17) is 10.2 Å². The van der Waals surface area contributed by atoms with Crippen molar-refractivity contribution in [1.82, 2.24) is 25.0 Å². The smallest absolute Gasteiger partial charge is 0.222 e. The van der Waals surface area contributed by atoms with Crippen molar-refractivity contribution >= 4 is 28.6 Å². The molecular weight excluding hydrogens is 370 g/mol. The number of furan rings is 1. The largest absolute Gasteiger partial charge is 0.463 e. The standard InChI is InChI=1S/C20H21N7O2/c1-3-26(4-2)14-9-7-13(8-10-14)15(28)12-27-19-18(24-25-27)17(22-20(21)23-19)16-6-5-11-29-16/h5-11H,3-4,12H2,1-2H3,(H2,21,22,23). The van der Waals surface area contributed by atoms with E-state index in [-0.39, 0.29) is 18.3 Å². The second-order valence-corrected chi connectivity index (χ2v) is 6.47. The number of ketones is 1. The highest BCUT2D eigenvalue weighted by atomic mass is 16.3. The molecule has 0 unspecified atom stereocenters. The van der Waals surface area contributed by atoms with E-state index >= 15 is 0 Å². The molecule has 0 radical (unpaired) electrons. The Balaban J connectivity index is 1.62. The summed E-state index contributed by atoms with van der Waals surface area (Å²) < 4.78 is 6.83. The Labute approximate surface area is 167 Å². The summed E-state index contributed by atoms with van der Waals surface area (Å²) in [5.74, 6) is 0.470. The molecule has 0 saturated heterocycles. The number of nitrogens with zero attached hydrogens (tertiary/aromatic N) is 6. The molecule has 4 aromatic rings. The molecule has 2 N–H and O–H groups in total. The lowest BCUT2D eigenvalue weighted by Crippen LogP contribution is -2.21. The molecule has 0 aliphatic heterocycles. The maximum atomic E-state index is 12.8. The van der Waals surface area contributed by atoms with Crippen LogP contribution in [0.2, 0.25) is 0 Å². The number of rotatable bonds is 7. The van der Waals surface area contributed by atoms with Crippen molar-refractivity contribution in [3.05, 3.63) is 48.2 Å². The van der Waals surface area contributed by atoms with Crippen LogP contribution in [0, 0.1) is 0 Å². The number of Topliss-reactive ketones (excluding diaryl/α,β-unsaturated/α-hetero) is 1. The second kappa shape index (κ2) is 7.70. The highest BCUT2D eigenvalue weighted by molar-refractivity contribution is 5.97. The van der Waals surface area contributed by atoms with E-state index in [9.17, 15) is 4.79 Å². The van der Waals surface area contributed by atoms with Crippen LogP contribution in [-0.2, 0) is 6.54 Å². The van der Waals surface area contributed by atoms with Gasteiger partial charge in [0.05, 0.1) is 6.26 Å². The SMILES string of the molecule is CCN(CC)c1ccc(C(=O)Cn2nnc3c(-c4ccco4)nc(N)nc32)cc1. The number of carbonyl (C=O) groups is 1. The van der Waals surface area contributed by atoms with Gasteiger partial charge in [-0.15, -0.1) is 5.10 Å². The van der Waals surface area contributed by atoms with E-state index in [0.29, 0.717) is 28.2 Å². The lowest BCUT2D eigenvalue weighted by atomic mass is 10.1. The summed E-state index contributed by atoms with van der Waals surface area (Å²) in [7, 11) is 0. The molecular formula is C20H21N7O2. The predicted molar refractivity (Wildman–Crippen MR) is 110 cm³/mol. The van der Waals surface area contributed by atoms with Gasteiger partial charge in [-0.2, -0.15) is 4.98 Å². The van der Waals surface area contributed by atoms with E-state index in [1.54, 1.807) is 12.1 Å². The van der Waals surface area contributed by atoms with Gasteiger partial charge in [0.2, 0.25) is 5.95 Å². The van der Waals surface area contributed by atoms with Crippen molar-refractivity contribution in [2.45, 2.75) is 20.4 Å². The van der Waals surface area contributed by atoms with Gasteiger partial charge >= 0.3 is 0 Å². The second-order valence-electron chi connectivity index (χ2n) is 6.47. The molecule has 148 valence electrons. The third-order valence-corrected chi connectivity index (χ3v) is 4.75. The third kappa shape index (κ3) is 3.54. The lowest BCUT2D eigenvalue weighted by Gasteiger charge is -2.21. The van der Waals surface area contributed by atoms with Gasteiger partial charge in [-0.1, -0.05) is 5.21 Å². The van der Waals surface area contributed by atoms with E-state index in [1.165, 1.54) is 10.9 Å². The Morgan fingerprint density at radius 2 is 1.90 bits per heavy atom. The summed E-state index contributed by atoms with van der Waals surface area (Å²) >= 11 is 0. The van der Waals surface area contributed by atoms with Gasteiger partial charge in [0.15, 0.2) is 22.7 Å². The van der Waals surface area contributed by atoms with Crippen LogP contribution < -0.4 is 10.6 Å². The number of fused-ring (bicyclic) bond motifs is 1. The summed E-state index contributed by atoms with van der Waals surface area (Å²) in [4.78, 5) is 23.4. The van der Waals surface area contributed by atoms with Crippen molar-refractivity contribution in [1.29, 1.82) is 0 Å². The topological polar surface area (TPSA) is 116 Å². The van der Waals surface area contributed by atoms with Gasteiger partial charge in [-0.05, 0) is 50.2 Å². The molecule has 0 bridgehead atoms. The number of aromatic nitrogens is 5. The van der Waals surface area contributed by atoms with Crippen molar-refractivity contribution in [2.24, 2.45) is 0 Å². The quantitative estimate of drug-likeness (QED) is 0.478. The fourth-order valence-electron chi connectivity index (χ4n) is 3.24. The summed E-state index contributed by atoms with van der Waals surface area (Å²) in [5.41, 5.74) is 8.79. The Kier molecular flexibility index (Phi) is 4.94. The first kappa shape index (κ1) is 18.6. The Bertz CT molecular complexity index is 1130. The molecule has 0 amide bonds. The molecule has 3 aromatic heterocycles. The normalized spacial score (nSPS) is 11.1. The van der Waals surface area contributed by atoms with Crippen LogP contribution in [0.1, 0.15) is 24.2 Å². The summed E-state index contributed by atoms with van der Waals surface area (Å²) in [6.45, 7) is 6.02. The number of anilines is 2. The van der Waals surface area contributed by atoms with Crippen molar-refractivity contribution < 1.29 is 9.21 Å². The first-order valence-corrected chi connectivity index (χ1v) is 9.39. The fourth-order valence-corrected chi connectivity index (χ4v) is 3.24. The number of hydrogen-bond acceptors (Lipinski definition) is 8. The van der Waals surface area contributed by atoms with Crippen molar-refractivity contribution in [3.8, 4) is 11.5 Å². The first-order chi connectivity index (χ1) is 14.1. The molecule has 29 heavy (non-hydrogen) atoms. The third-order valence-electron chi connectivity index (χ3n) is 4.75. The first-order valence-electron chi connectivity index (χ1n) is 9.39. The van der Waals surface area contributed by atoms with Gasteiger partial charge in [0.25, 0.3) is 0 Å². The van der Waals surface area contributed by atoms with E-state index < -0.39 is 0 Å². The van der Waals surface area contributed by atoms with E-state index in [2.05, 4.69) is 39.0 Å². The molecule has 0 atom stereocenters. The molecule has 0 aliphatic rings. The molecule has 4 rings (SSSR count). The van der Waals surface area contributed by atoms with Crippen molar-refractivity contribution in [2.75, 3.05) is 23.7 Å². The highest BCUT2D eigenvalue weighted by Gasteiger charge is 2.19. The van der Waals surface area contributed by atoms with Crippen LogP contribution in [0.5, 0.6) is 0 Å². The van der Waals surface area contributed by atoms with Crippen LogP contribution in [0.4, 0.5) is 11.6 Å². The number of nitrogens with two attached hydrogens (primary N) is 1. The van der Waals surface area contributed by atoms with E-state index in [1.807, 2.05) is 24.3 Å². The lowest BCUT2D eigenvalue weighted by molar-refractivity contribution is 0.0968. The molecule has 0 aliphatic carbocycles. The zero-order valence-corrected chi connectivity index (χ0v) is 16.2.